The van der Waals surface area contributed by atoms with Gasteiger partial charge in [0.15, 0.2) is 0 Å². The van der Waals surface area contributed by atoms with Gasteiger partial charge in [-0.1, -0.05) is 56.9 Å². The molecule has 0 aromatic heterocycles. The molecule has 0 radical (unpaired) electrons. The third kappa shape index (κ3) is 5.66. The van der Waals surface area contributed by atoms with Gasteiger partial charge in [-0.15, -0.1) is 0 Å². The lowest BCUT2D eigenvalue weighted by Gasteiger charge is -2.19. The van der Waals surface area contributed by atoms with Crippen LogP contribution in [-0.2, 0) is 6.42 Å². The molecule has 1 unspecified atom stereocenters. The molecule has 0 spiro atoms. The highest BCUT2D eigenvalue weighted by molar-refractivity contribution is 5.25. The zero-order valence-corrected chi connectivity index (χ0v) is 13.3. The molecule has 2 rings (SSSR count). The summed E-state index contributed by atoms with van der Waals surface area (Å²) in [6, 6.07) is 9.73. The van der Waals surface area contributed by atoms with Crippen LogP contribution in [0.4, 0.5) is 0 Å². The van der Waals surface area contributed by atoms with Crippen molar-refractivity contribution in [1.29, 1.82) is 0 Å². The van der Waals surface area contributed by atoms with Gasteiger partial charge in [0.05, 0.1) is 0 Å². The summed E-state index contributed by atoms with van der Waals surface area (Å²) < 4.78 is 0. The van der Waals surface area contributed by atoms with Crippen molar-refractivity contribution in [2.45, 2.75) is 71.3 Å². The van der Waals surface area contributed by atoms with Gasteiger partial charge in [0.1, 0.15) is 0 Å². The Morgan fingerprint density at radius 2 is 1.95 bits per heavy atom. The van der Waals surface area contributed by atoms with E-state index in [1.165, 1.54) is 63.5 Å². The van der Waals surface area contributed by atoms with Crippen LogP contribution in [0.15, 0.2) is 24.3 Å². The van der Waals surface area contributed by atoms with Crippen LogP contribution < -0.4 is 5.32 Å². The van der Waals surface area contributed by atoms with E-state index in [1.54, 1.807) is 5.56 Å². The minimum atomic E-state index is 0.813. The molecule has 0 aliphatic heterocycles. The molecule has 0 heterocycles. The molecule has 0 amide bonds. The maximum absolute atomic E-state index is 3.74. The molecular formula is C19H31N. The summed E-state index contributed by atoms with van der Waals surface area (Å²) >= 11 is 0. The van der Waals surface area contributed by atoms with Crippen molar-refractivity contribution in [3.05, 3.63) is 35.4 Å². The van der Waals surface area contributed by atoms with Crippen LogP contribution in [0.1, 0.15) is 63.0 Å². The number of unbranched alkanes of at least 4 members (excludes halogenated alkanes) is 3. The van der Waals surface area contributed by atoms with Crippen molar-refractivity contribution in [3.8, 4) is 0 Å². The molecule has 1 aromatic carbocycles. The maximum atomic E-state index is 3.74. The lowest BCUT2D eigenvalue weighted by Crippen LogP contribution is -2.26. The van der Waals surface area contributed by atoms with Crippen molar-refractivity contribution in [3.63, 3.8) is 0 Å². The van der Waals surface area contributed by atoms with E-state index < -0.39 is 0 Å². The Morgan fingerprint density at radius 1 is 1.15 bits per heavy atom. The quantitative estimate of drug-likeness (QED) is 0.599. The summed E-state index contributed by atoms with van der Waals surface area (Å²) in [5.41, 5.74) is 3.00. The van der Waals surface area contributed by atoms with Gasteiger partial charge in [-0.25, -0.2) is 0 Å². The van der Waals surface area contributed by atoms with E-state index in [0.717, 1.165) is 12.0 Å². The molecule has 1 aromatic rings. The van der Waals surface area contributed by atoms with Gasteiger partial charge in [-0.3, -0.25) is 0 Å². The van der Waals surface area contributed by atoms with Crippen LogP contribution in [-0.4, -0.2) is 12.6 Å². The van der Waals surface area contributed by atoms with E-state index >= 15 is 0 Å². The minimum absolute atomic E-state index is 0.813. The molecule has 1 aliphatic rings. The molecule has 0 bridgehead atoms. The number of rotatable bonds is 10. The van der Waals surface area contributed by atoms with Crippen LogP contribution in [0.25, 0.3) is 0 Å². The van der Waals surface area contributed by atoms with Gasteiger partial charge >= 0.3 is 0 Å². The second-order valence-corrected chi connectivity index (χ2v) is 6.53. The zero-order chi connectivity index (χ0) is 14.2. The molecule has 1 atom stereocenters. The van der Waals surface area contributed by atoms with Crippen molar-refractivity contribution in [2.24, 2.45) is 5.92 Å². The molecule has 112 valence electrons. The SMILES string of the molecule is CCCCCCC(CNC1CC1)Cc1ccccc1C. The van der Waals surface area contributed by atoms with E-state index in [2.05, 4.69) is 43.4 Å². The highest BCUT2D eigenvalue weighted by Crippen LogP contribution is 2.22. The number of aryl methyl sites for hydroxylation is 1. The minimum Gasteiger partial charge on any atom is -0.314 e. The van der Waals surface area contributed by atoms with Crippen LogP contribution in [0.3, 0.4) is 0 Å². The topological polar surface area (TPSA) is 12.0 Å². The first-order valence-electron chi connectivity index (χ1n) is 8.57. The van der Waals surface area contributed by atoms with Gasteiger partial charge < -0.3 is 5.32 Å². The molecular weight excluding hydrogens is 242 g/mol. The summed E-state index contributed by atoms with van der Waals surface area (Å²) in [5, 5.41) is 3.74. The Morgan fingerprint density at radius 3 is 2.65 bits per heavy atom. The van der Waals surface area contributed by atoms with Crippen molar-refractivity contribution in [1.82, 2.24) is 5.32 Å². The monoisotopic (exact) mass is 273 g/mol. The fraction of sp³-hybridized carbons (Fsp3) is 0.684. The third-order valence-electron chi connectivity index (χ3n) is 4.51. The first-order valence-corrected chi connectivity index (χ1v) is 8.57. The fourth-order valence-corrected chi connectivity index (χ4v) is 2.91. The lowest BCUT2D eigenvalue weighted by atomic mass is 9.91. The summed E-state index contributed by atoms with van der Waals surface area (Å²) in [6.07, 6.45) is 11.0. The standard InChI is InChI=1S/C19H31N/c1-3-4-5-6-10-17(15-20-19-12-13-19)14-18-11-8-7-9-16(18)2/h7-9,11,17,19-20H,3-6,10,12-15H2,1-2H3. The largest absolute Gasteiger partial charge is 0.314 e. The highest BCUT2D eigenvalue weighted by Gasteiger charge is 2.22. The van der Waals surface area contributed by atoms with Gasteiger partial charge in [-0.2, -0.15) is 0 Å². The number of hydrogen-bond donors (Lipinski definition) is 1. The van der Waals surface area contributed by atoms with Crippen molar-refractivity contribution >= 4 is 0 Å². The molecule has 20 heavy (non-hydrogen) atoms. The van der Waals surface area contributed by atoms with Gasteiger partial charge in [0.2, 0.25) is 0 Å². The van der Waals surface area contributed by atoms with Crippen LogP contribution >= 0.6 is 0 Å². The molecule has 0 saturated heterocycles. The molecule has 1 N–H and O–H groups in total. The normalized spacial score (nSPS) is 16.3. The average Bonchev–Trinajstić information content (AvgIpc) is 3.27. The van der Waals surface area contributed by atoms with Crippen molar-refractivity contribution < 1.29 is 0 Å². The summed E-state index contributed by atoms with van der Waals surface area (Å²) in [7, 11) is 0. The number of hydrogen-bond acceptors (Lipinski definition) is 1. The molecule has 1 heteroatoms. The van der Waals surface area contributed by atoms with Crippen LogP contribution in [0.5, 0.6) is 0 Å². The first kappa shape index (κ1) is 15.6. The Bertz CT molecular complexity index is 381. The second-order valence-electron chi connectivity index (χ2n) is 6.53. The predicted molar refractivity (Wildman–Crippen MR) is 88.2 cm³/mol. The Labute approximate surface area is 125 Å². The van der Waals surface area contributed by atoms with E-state index in [0.29, 0.717) is 0 Å². The summed E-state index contributed by atoms with van der Waals surface area (Å²) in [4.78, 5) is 0. The second kappa shape index (κ2) is 8.46. The van der Waals surface area contributed by atoms with Crippen molar-refractivity contribution in [2.75, 3.05) is 6.54 Å². The molecule has 1 nitrogen and oxygen atoms in total. The number of nitrogens with one attached hydrogen (secondary N) is 1. The average molecular weight is 273 g/mol. The fourth-order valence-electron chi connectivity index (χ4n) is 2.91. The van der Waals surface area contributed by atoms with E-state index in [1.807, 2.05) is 0 Å². The van der Waals surface area contributed by atoms with Gasteiger partial charge in [0, 0.05) is 6.04 Å². The van der Waals surface area contributed by atoms with E-state index in [4.69, 9.17) is 0 Å². The molecule has 1 fully saturated rings. The van der Waals surface area contributed by atoms with Crippen LogP contribution in [0.2, 0.25) is 0 Å². The van der Waals surface area contributed by atoms with Gasteiger partial charge in [0.25, 0.3) is 0 Å². The smallest absolute Gasteiger partial charge is 0.00683 e. The lowest BCUT2D eigenvalue weighted by molar-refractivity contribution is 0.419. The maximum Gasteiger partial charge on any atom is 0.00683 e. The molecule has 1 aliphatic carbocycles. The third-order valence-corrected chi connectivity index (χ3v) is 4.51. The highest BCUT2D eigenvalue weighted by atomic mass is 14.9. The Hall–Kier alpha value is -0.820. The Balaban J connectivity index is 1.81. The summed E-state index contributed by atoms with van der Waals surface area (Å²) in [6.45, 7) is 5.75. The van der Waals surface area contributed by atoms with E-state index in [9.17, 15) is 0 Å². The predicted octanol–water partition coefficient (Wildman–Crippen LogP) is 4.88. The zero-order valence-electron chi connectivity index (χ0n) is 13.3. The Kier molecular flexibility index (Phi) is 6.59. The van der Waals surface area contributed by atoms with Gasteiger partial charge in [-0.05, 0) is 56.2 Å². The first-order chi connectivity index (χ1) is 9.79. The van der Waals surface area contributed by atoms with E-state index in [-0.39, 0.29) is 0 Å². The van der Waals surface area contributed by atoms with Crippen LogP contribution in [0, 0.1) is 12.8 Å². The molecule has 1 saturated carbocycles. The summed E-state index contributed by atoms with van der Waals surface area (Å²) in [5.74, 6) is 0.813. The number of benzene rings is 1.